The monoisotopic (exact) mass is 291 g/mol. The van der Waals surface area contributed by atoms with Gasteiger partial charge in [-0.3, -0.25) is 4.40 Å². The molecule has 2 aromatic heterocycles. The van der Waals surface area contributed by atoms with Gasteiger partial charge < -0.3 is 5.32 Å². The molecule has 0 bridgehead atoms. The lowest BCUT2D eigenvalue weighted by atomic mass is 9.84. The van der Waals surface area contributed by atoms with Gasteiger partial charge in [0, 0.05) is 17.8 Å². The number of nitrogens with one attached hydrogen (secondary N) is 1. The minimum atomic E-state index is 0.807. The highest BCUT2D eigenvalue weighted by atomic mass is 32.1. The minimum absolute atomic E-state index is 0.807. The number of fused-ring (bicyclic) bond motifs is 1. The predicted octanol–water partition coefficient (Wildman–Crippen LogP) is 3.74. The van der Waals surface area contributed by atoms with Crippen molar-refractivity contribution in [1.82, 2.24) is 14.7 Å². The average molecular weight is 291 g/mol. The molecule has 1 fully saturated rings. The standard InChI is InChI=1S/C16H25N3S/c1-2-17-11-14-7-5-3-4-6-13(14)10-15-12-19-8-9-20-16(19)18-15/h8-9,12-14,17H,2-7,10-11H2,1H3. The third-order valence-electron chi connectivity index (χ3n) is 4.59. The van der Waals surface area contributed by atoms with Crippen LogP contribution in [0.4, 0.5) is 0 Å². The van der Waals surface area contributed by atoms with Crippen LogP contribution in [0, 0.1) is 11.8 Å². The van der Waals surface area contributed by atoms with E-state index in [4.69, 9.17) is 4.98 Å². The zero-order valence-electron chi connectivity index (χ0n) is 12.3. The van der Waals surface area contributed by atoms with Crippen molar-refractivity contribution in [2.24, 2.45) is 11.8 Å². The first-order valence-corrected chi connectivity index (χ1v) is 8.86. The number of nitrogens with zero attached hydrogens (tertiary/aromatic N) is 2. The first kappa shape index (κ1) is 14.1. The molecule has 2 atom stereocenters. The second-order valence-corrected chi connectivity index (χ2v) is 6.87. The van der Waals surface area contributed by atoms with Crippen LogP contribution >= 0.6 is 11.3 Å². The van der Waals surface area contributed by atoms with E-state index < -0.39 is 0 Å². The van der Waals surface area contributed by atoms with Crippen LogP contribution in [0.2, 0.25) is 0 Å². The van der Waals surface area contributed by atoms with E-state index in [2.05, 4.69) is 34.4 Å². The van der Waals surface area contributed by atoms with Crippen molar-refractivity contribution >= 4 is 16.3 Å². The lowest BCUT2D eigenvalue weighted by molar-refractivity contribution is 0.298. The molecule has 3 nitrogen and oxygen atoms in total. The topological polar surface area (TPSA) is 29.3 Å². The van der Waals surface area contributed by atoms with Gasteiger partial charge in [0.1, 0.15) is 0 Å². The minimum Gasteiger partial charge on any atom is -0.317 e. The summed E-state index contributed by atoms with van der Waals surface area (Å²) < 4.78 is 2.16. The van der Waals surface area contributed by atoms with E-state index in [-0.39, 0.29) is 0 Å². The smallest absolute Gasteiger partial charge is 0.193 e. The van der Waals surface area contributed by atoms with Crippen molar-refractivity contribution < 1.29 is 0 Å². The van der Waals surface area contributed by atoms with Gasteiger partial charge in [0.2, 0.25) is 0 Å². The summed E-state index contributed by atoms with van der Waals surface area (Å²) in [4.78, 5) is 5.91. The Bertz CT molecular complexity index is 502. The Morgan fingerprint density at radius 2 is 2.15 bits per heavy atom. The van der Waals surface area contributed by atoms with Gasteiger partial charge in [-0.15, -0.1) is 11.3 Å². The highest BCUT2D eigenvalue weighted by Crippen LogP contribution is 2.31. The highest BCUT2D eigenvalue weighted by molar-refractivity contribution is 7.15. The van der Waals surface area contributed by atoms with E-state index >= 15 is 0 Å². The molecule has 0 amide bonds. The van der Waals surface area contributed by atoms with Crippen LogP contribution in [0.15, 0.2) is 17.8 Å². The average Bonchev–Trinajstić information content (AvgIpc) is 2.94. The molecule has 1 aliphatic carbocycles. The van der Waals surface area contributed by atoms with Crippen LogP contribution in [0.5, 0.6) is 0 Å². The van der Waals surface area contributed by atoms with Crippen molar-refractivity contribution in [2.75, 3.05) is 13.1 Å². The van der Waals surface area contributed by atoms with Gasteiger partial charge in [-0.05, 0) is 44.2 Å². The number of imidazole rings is 1. The molecule has 2 heterocycles. The maximum absolute atomic E-state index is 4.77. The largest absolute Gasteiger partial charge is 0.317 e. The summed E-state index contributed by atoms with van der Waals surface area (Å²) in [5.74, 6) is 1.64. The van der Waals surface area contributed by atoms with E-state index in [1.165, 1.54) is 44.3 Å². The Morgan fingerprint density at radius 1 is 1.30 bits per heavy atom. The maximum atomic E-state index is 4.77. The van der Waals surface area contributed by atoms with Gasteiger partial charge in [-0.25, -0.2) is 4.98 Å². The van der Waals surface area contributed by atoms with Gasteiger partial charge in [0.25, 0.3) is 0 Å². The fourth-order valence-electron chi connectivity index (χ4n) is 3.47. The van der Waals surface area contributed by atoms with Gasteiger partial charge in [0.05, 0.1) is 5.69 Å². The number of aromatic nitrogens is 2. The Hall–Kier alpha value is -0.870. The molecule has 3 rings (SSSR count). The lowest BCUT2D eigenvalue weighted by Crippen LogP contribution is -2.28. The van der Waals surface area contributed by atoms with E-state index in [0.29, 0.717) is 0 Å². The van der Waals surface area contributed by atoms with Crippen LogP contribution in [0.25, 0.3) is 4.96 Å². The number of rotatable bonds is 5. The highest BCUT2D eigenvalue weighted by Gasteiger charge is 2.24. The number of hydrogen-bond acceptors (Lipinski definition) is 3. The fraction of sp³-hybridized carbons (Fsp3) is 0.688. The quantitative estimate of drug-likeness (QED) is 0.850. The molecule has 0 aliphatic heterocycles. The second-order valence-electron chi connectivity index (χ2n) is 6.00. The summed E-state index contributed by atoms with van der Waals surface area (Å²) in [6, 6.07) is 0. The molecule has 0 radical (unpaired) electrons. The van der Waals surface area contributed by atoms with Crippen LogP contribution in [0.1, 0.15) is 44.7 Å². The van der Waals surface area contributed by atoms with Gasteiger partial charge >= 0.3 is 0 Å². The second kappa shape index (κ2) is 6.72. The Balaban J connectivity index is 1.69. The molecule has 110 valence electrons. The molecule has 1 N–H and O–H groups in total. The van der Waals surface area contributed by atoms with Crippen LogP contribution < -0.4 is 5.32 Å². The molecule has 20 heavy (non-hydrogen) atoms. The Morgan fingerprint density at radius 3 is 2.95 bits per heavy atom. The summed E-state index contributed by atoms with van der Waals surface area (Å²) in [6.07, 6.45) is 12.5. The molecule has 1 saturated carbocycles. The van der Waals surface area contributed by atoms with Crippen LogP contribution in [-0.2, 0) is 6.42 Å². The number of thiazole rings is 1. The third-order valence-corrected chi connectivity index (χ3v) is 5.36. The van der Waals surface area contributed by atoms with Gasteiger partial charge in [-0.1, -0.05) is 26.2 Å². The van der Waals surface area contributed by atoms with E-state index in [1.54, 1.807) is 11.3 Å². The fourth-order valence-corrected chi connectivity index (χ4v) is 4.19. The first-order valence-electron chi connectivity index (χ1n) is 7.98. The normalized spacial score (nSPS) is 24.1. The van der Waals surface area contributed by atoms with E-state index in [0.717, 1.165) is 29.8 Å². The molecule has 0 saturated heterocycles. The van der Waals surface area contributed by atoms with Crippen molar-refractivity contribution in [1.29, 1.82) is 0 Å². The molecule has 0 spiro atoms. The lowest BCUT2D eigenvalue weighted by Gasteiger charge is -2.24. The van der Waals surface area contributed by atoms with Gasteiger partial charge in [0.15, 0.2) is 4.96 Å². The SMILES string of the molecule is CCNCC1CCCCCC1Cc1cn2ccsc2n1. The van der Waals surface area contributed by atoms with Crippen molar-refractivity contribution in [3.05, 3.63) is 23.5 Å². The molecular formula is C16H25N3S. The zero-order chi connectivity index (χ0) is 13.8. The van der Waals surface area contributed by atoms with Gasteiger partial charge in [-0.2, -0.15) is 0 Å². The summed E-state index contributed by atoms with van der Waals surface area (Å²) in [6.45, 7) is 4.47. The zero-order valence-corrected chi connectivity index (χ0v) is 13.2. The molecule has 1 aliphatic rings. The molecule has 4 heteroatoms. The van der Waals surface area contributed by atoms with Crippen molar-refractivity contribution in [3.63, 3.8) is 0 Å². The third kappa shape index (κ3) is 3.23. The van der Waals surface area contributed by atoms with E-state index in [1.807, 2.05) is 0 Å². The Labute approximate surface area is 125 Å². The summed E-state index contributed by atoms with van der Waals surface area (Å²) in [5.41, 5.74) is 1.28. The predicted molar refractivity (Wildman–Crippen MR) is 85.4 cm³/mol. The van der Waals surface area contributed by atoms with E-state index in [9.17, 15) is 0 Å². The van der Waals surface area contributed by atoms with Crippen molar-refractivity contribution in [2.45, 2.75) is 45.4 Å². The van der Waals surface area contributed by atoms with Crippen molar-refractivity contribution in [3.8, 4) is 0 Å². The summed E-state index contributed by atoms with van der Waals surface area (Å²) in [5, 5.41) is 5.66. The molecular weight excluding hydrogens is 266 g/mol. The molecule has 0 aromatic carbocycles. The maximum Gasteiger partial charge on any atom is 0.193 e. The summed E-state index contributed by atoms with van der Waals surface area (Å²) >= 11 is 1.73. The Kier molecular flexibility index (Phi) is 4.73. The van der Waals surface area contributed by atoms with Crippen LogP contribution in [0.3, 0.4) is 0 Å². The number of hydrogen-bond donors (Lipinski definition) is 1. The van der Waals surface area contributed by atoms with Crippen LogP contribution in [-0.4, -0.2) is 22.5 Å². The first-order chi connectivity index (χ1) is 9.86. The summed E-state index contributed by atoms with van der Waals surface area (Å²) in [7, 11) is 0. The molecule has 2 unspecified atom stereocenters. The molecule has 2 aromatic rings.